The van der Waals surface area contributed by atoms with Gasteiger partial charge in [-0.15, -0.1) is 0 Å². The minimum absolute atomic E-state index is 0.00867. The molecule has 8 nitrogen and oxygen atoms in total. The second-order valence-electron chi connectivity index (χ2n) is 7.54. The number of piperazine rings is 1. The van der Waals surface area contributed by atoms with E-state index < -0.39 is 15.6 Å². The van der Waals surface area contributed by atoms with Gasteiger partial charge in [-0.25, -0.2) is 18.4 Å². The van der Waals surface area contributed by atoms with Gasteiger partial charge in [0.25, 0.3) is 0 Å². The van der Waals surface area contributed by atoms with E-state index in [1.165, 1.54) is 12.1 Å². The molecule has 0 bridgehead atoms. The lowest BCUT2D eigenvalue weighted by molar-refractivity contribution is -0.132. The summed E-state index contributed by atoms with van der Waals surface area (Å²) in [6.45, 7) is 7.30. The first-order valence-corrected chi connectivity index (χ1v) is 10.4. The molecule has 0 aliphatic carbocycles. The van der Waals surface area contributed by atoms with Gasteiger partial charge in [-0.05, 0) is 44.9 Å². The summed E-state index contributed by atoms with van der Waals surface area (Å²) >= 11 is 0. The van der Waals surface area contributed by atoms with Crippen LogP contribution in [0.3, 0.4) is 0 Å². The summed E-state index contributed by atoms with van der Waals surface area (Å²) in [6, 6.07) is 6.20. The smallest absolute Gasteiger partial charge is 0.410 e. The summed E-state index contributed by atoms with van der Waals surface area (Å²) < 4.78 is 27.8. The summed E-state index contributed by atoms with van der Waals surface area (Å²) in [5.41, 5.74) is 0.325. The normalized spacial score (nSPS) is 15.6. The first-order valence-electron chi connectivity index (χ1n) is 8.83. The van der Waals surface area contributed by atoms with Crippen molar-refractivity contribution in [3.63, 3.8) is 0 Å². The molecule has 2 amide bonds. The van der Waals surface area contributed by atoms with Crippen LogP contribution < -0.4 is 5.14 Å². The fourth-order valence-corrected chi connectivity index (χ4v) is 3.24. The standard InChI is InChI=1S/C18H27N3O5S/c1-18(2,3)26-17(23)21-12-10-20(11-13-21)16(22)9-6-14-4-7-15(8-5-14)27(19,24)25/h4-5,7-8H,6,9-13H2,1-3H3,(H2,19,24,25). The lowest BCUT2D eigenvalue weighted by Gasteiger charge is -2.35. The van der Waals surface area contributed by atoms with Crippen molar-refractivity contribution in [2.75, 3.05) is 26.2 Å². The Morgan fingerprint density at radius 3 is 2.04 bits per heavy atom. The molecule has 1 fully saturated rings. The highest BCUT2D eigenvalue weighted by Crippen LogP contribution is 2.14. The number of benzene rings is 1. The van der Waals surface area contributed by atoms with Crippen LogP contribution in [0.5, 0.6) is 0 Å². The molecule has 1 heterocycles. The molecule has 27 heavy (non-hydrogen) atoms. The highest BCUT2D eigenvalue weighted by molar-refractivity contribution is 7.89. The van der Waals surface area contributed by atoms with Crippen LogP contribution in [-0.2, 0) is 26.0 Å². The molecule has 1 aromatic carbocycles. The van der Waals surface area contributed by atoms with Crippen LogP contribution in [0.4, 0.5) is 4.79 Å². The van der Waals surface area contributed by atoms with Crippen LogP contribution in [0.15, 0.2) is 29.2 Å². The third-order valence-corrected chi connectivity index (χ3v) is 5.09. The van der Waals surface area contributed by atoms with E-state index >= 15 is 0 Å². The summed E-state index contributed by atoms with van der Waals surface area (Å²) in [5, 5.41) is 5.07. The highest BCUT2D eigenvalue weighted by atomic mass is 32.2. The number of carbonyl (C=O) groups is 2. The molecule has 0 spiro atoms. The van der Waals surface area contributed by atoms with E-state index in [0.29, 0.717) is 39.0 Å². The van der Waals surface area contributed by atoms with E-state index in [4.69, 9.17) is 9.88 Å². The molecule has 1 saturated heterocycles. The minimum Gasteiger partial charge on any atom is -0.444 e. The number of rotatable bonds is 4. The Kier molecular flexibility index (Phi) is 6.48. The Bertz CT molecular complexity index is 776. The zero-order valence-electron chi connectivity index (χ0n) is 16.0. The molecule has 2 rings (SSSR count). The molecular formula is C18H27N3O5S. The molecule has 0 unspecified atom stereocenters. The maximum atomic E-state index is 12.4. The number of ether oxygens (including phenoxy) is 1. The molecule has 0 saturated carbocycles. The van der Waals surface area contributed by atoms with Gasteiger partial charge in [0.15, 0.2) is 0 Å². The highest BCUT2D eigenvalue weighted by Gasteiger charge is 2.27. The molecule has 1 aromatic rings. The molecule has 1 aliphatic rings. The number of primary sulfonamides is 1. The van der Waals surface area contributed by atoms with E-state index in [0.717, 1.165) is 5.56 Å². The first kappa shape index (κ1) is 21.2. The van der Waals surface area contributed by atoms with Crippen molar-refractivity contribution in [3.8, 4) is 0 Å². The van der Waals surface area contributed by atoms with Gasteiger partial charge < -0.3 is 14.5 Å². The average molecular weight is 397 g/mol. The van der Waals surface area contributed by atoms with Crippen LogP contribution in [0.25, 0.3) is 0 Å². The van der Waals surface area contributed by atoms with Crippen molar-refractivity contribution in [3.05, 3.63) is 29.8 Å². The Morgan fingerprint density at radius 2 is 1.56 bits per heavy atom. The van der Waals surface area contributed by atoms with Crippen LogP contribution >= 0.6 is 0 Å². The van der Waals surface area contributed by atoms with E-state index in [1.807, 2.05) is 20.8 Å². The topological polar surface area (TPSA) is 110 Å². The fraction of sp³-hybridized carbons (Fsp3) is 0.556. The number of nitrogens with two attached hydrogens (primary N) is 1. The molecule has 0 radical (unpaired) electrons. The van der Waals surface area contributed by atoms with Gasteiger partial charge in [0.1, 0.15) is 5.60 Å². The van der Waals surface area contributed by atoms with Gasteiger partial charge in [-0.2, -0.15) is 0 Å². The SMILES string of the molecule is CC(C)(C)OC(=O)N1CCN(C(=O)CCc2ccc(S(N)(=O)=O)cc2)CC1. The van der Waals surface area contributed by atoms with E-state index in [2.05, 4.69) is 0 Å². The molecule has 1 aliphatic heterocycles. The third kappa shape index (κ3) is 6.51. The van der Waals surface area contributed by atoms with E-state index in [9.17, 15) is 18.0 Å². The molecule has 150 valence electrons. The first-order chi connectivity index (χ1) is 12.5. The van der Waals surface area contributed by atoms with Crippen molar-refractivity contribution in [1.29, 1.82) is 0 Å². The van der Waals surface area contributed by atoms with Crippen LogP contribution in [0.1, 0.15) is 32.8 Å². The summed E-state index contributed by atoms with van der Waals surface area (Å²) in [6.07, 6.45) is 0.474. The van der Waals surface area contributed by atoms with E-state index in [1.54, 1.807) is 21.9 Å². The van der Waals surface area contributed by atoms with E-state index in [-0.39, 0.29) is 16.9 Å². The zero-order chi connectivity index (χ0) is 20.2. The largest absolute Gasteiger partial charge is 0.444 e. The second kappa shape index (κ2) is 8.26. The van der Waals surface area contributed by atoms with Gasteiger partial charge in [0.2, 0.25) is 15.9 Å². The van der Waals surface area contributed by atoms with Gasteiger partial charge in [0.05, 0.1) is 4.90 Å². The quantitative estimate of drug-likeness (QED) is 0.824. The number of sulfonamides is 1. The predicted molar refractivity (Wildman–Crippen MR) is 101 cm³/mol. The van der Waals surface area contributed by atoms with Crippen molar-refractivity contribution >= 4 is 22.0 Å². The monoisotopic (exact) mass is 397 g/mol. The maximum absolute atomic E-state index is 12.4. The summed E-state index contributed by atoms with van der Waals surface area (Å²) in [7, 11) is -3.71. The average Bonchev–Trinajstić information content (AvgIpc) is 2.58. The summed E-state index contributed by atoms with van der Waals surface area (Å²) in [5.74, 6) is 0.00867. The second-order valence-corrected chi connectivity index (χ2v) is 9.10. The lowest BCUT2D eigenvalue weighted by atomic mass is 10.1. The Hall–Kier alpha value is -2.13. The Labute approximate surface area is 160 Å². The molecule has 9 heteroatoms. The van der Waals surface area contributed by atoms with Gasteiger partial charge in [0, 0.05) is 32.6 Å². The predicted octanol–water partition coefficient (Wildman–Crippen LogP) is 1.35. The summed E-state index contributed by atoms with van der Waals surface area (Å²) in [4.78, 5) is 27.8. The molecule has 0 atom stereocenters. The van der Waals surface area contributed by atoms with Gasteiger partial charge in [-0.1, -0.05) is 12.1 Å². The fourth-order valence-electron chi connectivity index (χ4n) is 2.72. The van der Waals surface area contributed by atoms with Crippen molar-refractivity contribution in [2.24, 2.45) is 5.14 Å². The number of amides is 2. The number of aryl methyl sites for hydroxylation is 1. The van der Waals surface area contributed by atoms with Crippen LogP contribution in [0.2, 0.25) is 0 Å². The number of hydrogen-bond donors (Lipinski definition) is 1. The van der Waals surface area contributed by atoms with Crippen molar-refractivity contribution in [1.82, 2.24) is 9.80 Å². The lowest BCUT2D eigenvalue weighted by Crippen LogP contribution is -2.51. The molecular weight excluding hydrogens is 370 g/mol. The third-order valence-electron chi connectivity index (χ3n) is 4.16. The number of carbonyl (C=O) groups excluding carboxylic acids is 2. The number of nitrogens with zero attached hydrogens (tertiary/aromatic N) is 2. The zero-order valence-corrected chi connectivity index (χ0v) is 16.8. The van der Waals surface area contributed by atoms with Crippen LogP contribution in [-0.4, -0.2) is 62.0 Å². The molecule has 2 N–H and O–H groups in total. The maximum Gasteiger partial charge on any atom is 0.410 e. The van der Waals surface area contributed by atoms with Crippen molar-refractivity contribution < 1.29 is 22.7 Å². The minimum atomic E-state index is -3.71. The van der Waals surface area contributed by atoms with Crippen molar-refractivity contribution in [2.45, 2.75) is 44.1 Å². The van der Waals surface area contributed by atoms with Gasteiger partial charge in [-0.3, -0.25) is 4.79 Å². The van der Waals surface area contributed by atoms with Crippen LogP contribution in [0, 0.1) is 0 Å². The Morgan fingerprint density at radius 1 is 1.04 bits per heavy atom. The number of hydrogen-bond acceptors (Lipinski definition) is 5. The van der Waals surface area contributed by atoms with Gasteiger partial charge >= 0.3 is 6.09 Å². The Balaban J connectivity index is 1.80. The molecule has 0 aromatic heterocycles.